The maximum absolute atomic E-state index is 10.1. The summed E-state index contributed by atoms with van der Waals surface area (Å²) in [5, 5.41) is 0. The first-order valence-electron chi connectivity index (χ1n) is 1.59. The van der Waals surface area contributed by atoms with Gasteiger partial charge in [0, 0.05) is 0 Å². The predicted molar refractivity (Wildman–Crippen MR) is 20.4 cm³/mol. The van der Waals surface area contributed by atoms with Crippen LogP contribution in [-0.2, 0) is 2.69 Å². The fourth-order valence-corrected chi connectivity index (χ4v) is 1.88. The van der Waals surface area contributed by atoms with Crippen LogP contribution in [0.1, 0.15) is 0 Å². The third-order valence-electron chi connectivity index (χ3n) is 0.623. The average Bonchev–Trinajstić information content (AvgIpc) is 1.30. The van der Waals surface area contributed by atoms with E-state index in [1.807, 2.05) is 9.71 Å². The van der Waals surface area contributed by atoms with Gasteiger partial charge in [-0.2, -0.15) is 0 Å². The van der Waals surface area contributed by atoms with Gasteiger partial charge in [0.05, 0.1) is 0 Å². The molecule has 26 valence electrons. The first kappa shape index (κ1) is 3.65. The summed E-state index contributed by atoms with van der Waals surface area (Å²) < 4.78 is 13.0. The molecule has 0 saturated heterocycles. The fraction of sp³-hybridized carbons (Fsp3) is 0.333. The zero-order valence-corrected chi connectivity index (χ0v) is 6.66. The standard InChI is InChI=1S/C3H4.O.Pb/c1-3-2;;/h1,3H,2H2;;. The van der Waals surface area contributed by atoms with Gasteiger partial charge in [0.25, 0.3) is 0 Å². The van der Waals surface area contributed by atoms with E-state index in [1.165, 1.54) is 0 Å². The van der Waals surface area contributed by atoms with Gasteiger partial charge in [-0.05, 0) is 0 Å². The molecule has 0 aromatic rings. The van der Waals surface area contributed by atoms with E-state index in [9.17, 15) is 2.69 Å². The Labute approximate surface area is 39.3 Å². The molecule has 1 nitrogen and oxygen atoms in total. The molecule has 0 fully saturated rings. The molecular formula is C3H4OPb. The summed E-state index contributed by atoms with van der Waals surface area (Å²) in [6.07, 6.45) is 1.98. The summed E-state index contributed by atoms with van der Waals surface area (Å²) in [7, 11) is 0. The molecule has 0 unspecified atom stereocenters. The number of rotatable bonds is 0. The summed E-state index contributed by atoms with van der Waals surface area (Å²) >= 11 is -1.95. The van der Waals surface area contributed by atoms with E-state index in [-0.39, 0.29) is 0 Å². The van der Waals surface area contributed by atoms with Crippen LogP contribution >= 0.6 is 0 Å². The first-order valence-corrected chi connectivity index (χ1v) is 8.17. The van der Waals surface area contributed by atoms with Crippen molar-refractivity contribution in [1.82, 2.24) is 0 Å². The molecule has 5 heavy (non-hydrogen) atoms. The SMILES string of the molecule is [O]=[Pb]1[CH]=C[CH2]1. The Bertz CT molecular complexity index is 84.9. The summed E-state index contributed by atoms with van der Waals surface area (Å²) in [5.41, 5.74) is 0. The Kier molecular flexibility index (Phi) is 0.934. The van der Waals surface area contributed by atoms with Crippen molar-refractivity contribution < 1.29 is 2.69 Å². The molecule has 2 heteroatoms. The van der Waals surface area contributed by atoms with E-state index in [4.69, 9.17) is 0 Å². The Morgan fingerprint density at radius 3 is 2.20 bits per heavy atom. The number of hydrogen-bond donors (Lipinski definition) is 0. The van der Waals surface area contributed by atoms with Crippen molar-refractivity contribution in [3.05, 3.63) is 9.71 Å². The van der Waals surface area contributed by atoms with Crippen molar-refractivity contribution in [2.75, 3.05) is 0 Å². The topological polar surface area (TPSA) is 17.1 Å². The van der Waals surface area contributed by atoms with Gasteiger partial charge in [-0.25, -0.2) is 0 Å². The molecule has 1 aliphatic rings. The van der Waals surface area contributed by atoms with Gasteiger partial charge in [-0.3, -0.25) is 0 Å². The van der Waals surface area contributed by atoms with Crippen LogP contribution in [0.15, 0.2) is 9.71 Å². The van der Waals surface area contributed by atoms with Gasteiger partial charge in [0.1, 0.15) is 0 Å². The van der Waals surface area contributed by atoms with E-state index >= 15 is 0 Å². The number of allylic oxidation sites excluding steroid dienone is 1. The third-order valence-corrected chi connectivity index (χ3v) is 5.46. The van der Waals surface area contributed by atoms with Crippen molar-refractivity contribution in [1.29, 1.82) is 0 Å². The van der Waals surface area contributed by atoms with Crippen LogP contribution in [0.5, 0.6) is 0 Å². The zero-order chi connectivity index (χ0) is 3.70. The molecule has 0 saturated carbocycles. The molecule has 1 aliphatic heterocycles. The van der Waals surface area contributed by atoms with Crippen LogP contribution in [0, 0.1) is 0 Å². The van der Waals surface area contributed by atoms with Gasteiger partial charge in [-0.15, -0.1) is 0 Å². The Hall–Kier alpha value is 0.462. The molecule has 0 bridgehead atoms. The van der Waals surface area contributed by atoms with Crippen molar-refractivity contribution in [2.45, 2.75) is 3.98 Å². The summed E-state index contributed by atoms with van der Waals surface area (Å²) in [6.45, 7) is 0. The molecule has 0 spiro atoms. The fourth-order valence-electron chi connectivity index (χ4n) is 0.214. The average molecular weight is 263 g/mol. The predicted octanol–water partition coefficient (Wildman–Crippen LogP) is 0.517. The van der Waals surface area contributed by atoms with Crippen LogP contribution in [0.3, 0.4) is 0 Å². The normalized spacial score (nSPS) is 18.8. The van der Waals surface area contributed by atoms with Crippen LogP contribution < -0.4 is 0 Å². The second kappa shape index (κ2) is 1.28. The monoisotopic (exact) mass is 264 g/mol. The maximum atomic E-state index is 10.1. The van der Waals surface area contributed by atoms with Gasteiger partial charge >= 0.3 is 39.1 Å². The Morgan fingerprint density at radius 1 is 1.80 bits per heavy atom. The Morgan fingerprint density at radius 2 is 2.20 bits per heavy atom. The zero-order valence-electron chi connectivity index (χ0n) is 2.77. The van der Waals surface area contributed by atoms with Crippen LogP contribution in [0.25, 0.3) is 0 Å². The van der Waals surface area contributed by atoms with Crippen molar-refractivity contribution >= 4 is 22.7 Å². The van der Waals surface area contributed by atoms with E-state index in [2.05, 4.69) is 0 Å². The van der Waals surface area contributed by atoms with Gasteiger partial charge in [-0.1, -0.05) is 0 Å². The minimum absolute atomic E-state index is 0.963. The van der Waals surface area contributed by atoms with Crippen molar-refractivity contribution in [3.8, 4) is 0 Å². The minimum atomic E-state index is -1.95. The molecule has 1 heterocycles. The molecule has 1 rings (SSSR count). The van der Waals surface area contributed by atoms with E-state index < -0.39 is 22.7 Å². The molecular weight excluding hydrogens is 259 g/mol. The first-order chi connectivity index (χ1) is 2.39. The van der Waals surface area contributed by atoms with E-state index in [0.717, 1.165) is 3.98 Å². The third kappa shape index (κ3) is 0.648. The molecule has 0 aromatic heterocycles. The molecule has 0 aliphatic carbocycles. The molecule has 0 aromatic carbocycles. The second-order valence-electron chi connectivity index (χ2n) is 1.07. The Balaban J connectivity index is 2.71. The molecule has 0 amide bonds. The number of hydrogen-bond acceptors (Lipinski definition) is 1. The summed E-state index contributed by atoms with van der Waals surface area (Å²) in [5.74, 6) is 0. The van der Waals surface area contributed by atoms with E-state index in [1.54, 1.807) is 0 Å². The molecule has 0 radical (unpaired) electrons. The van der Waals surface area contributed by atoms with Crippen molar-refractivity contribution in [3.63, 3.8) is 0 Å². The second-order valence-corrected chi connectivity index (χ2v) is 7.58. The van der Waals surface area contributed by atoms with Crippen LogP contribution in [0.2, 0.25) is 3.98 Å². The van der Waals surface area contributed by atoms with E-state index in [0.29, 0.717) is 0 Å². The van der Waals surface area contributed by atoms with Gasteiger partial charge in [0.15, 0.2) is 0 Å². The van der Waals surface area contributed by atoms with Gasteiger partial charge < -0.3 is 0 Å². The van der Waals surface area contributed by atoms with Crippen molar-refractivity contribution in [2.24, 2.45) is 0 Å². The van der Waals surface area contributed by atoms with Crippen LogP contribution in [-0.4, -0.2) is 22.7 Å². The van der Waals surface area contributed by atoms with Crippen LogP contribution in [0.4, 0.5) is 0 Å². The summed E-state index contributed by atoms with van der Waals surface area (Å²) in [4.78, 5) is 0. The van der Waals surface area contributed by atoms with Gasteiger partial charge in [0.2, 0.25) is 0 Å². The molecule has 0 atom stereocenters. The molecule has 0 N–H and O–H groups in total. The summed E-state index contributed by atoms with van der Waals surface area (Å²) in [6, 6.07) is 0. The quantitative estimate of drug-likeness (QED) is 0.582.